The third-order valence-corrected chi connectivity index (χ3v) is 6.17. The largest absolute Gasteiger partial charge is 0.0616 e. The molecule has 0 N–H and O–H groups in total. The summed E-state index contributed by atoms with van der Waals surface area (Å²) < 4.78 is 1.19. The number of hydrogen-bond donors (Lipinski definition) is 0. The SMILES string of the molecule is Brc1c2ccccc2cc2ccccc12.c1ccc2cc3ccccc3cc2c1. The van der Waals surface area contributed by atoms with E-state index in [1.165, 1.54) is 47.6 Å². The van der Waals surface area contributed by atoms with Crippen LogP contribution in [0.3, 0.4) is 0 Å². The lowest BCUT2D eigenvalue weighted by atomic mass is 10.0. The maximum atomic E-state index is 3.68. The molecule has 0 amide bonds. The van der Waals surface area contributed by atoms with Crippen molar-refractivity contribution in [2.45, 2.75) is 0 Å². The summed E-state index contributed by atoms with van der Waals surface area (Å²) in [6.07, 6.45) is 0. The topological polar surface area (TPSA) is 0 Å². The Labute approximate surface area is 178 Å². The first kappa shape index (κ1) is 17.9. The van der Waals surface area contributed by atoms with Crippen molar-refractivity contribution in [3.05, 3.63) is 120 Å². The molecule has 0 unspecified atom stereocenters. The van der Waals surface area contributed by atoms with Crippen molar-refractivity contribution in [1.29, 1.82) is 0 Å². The molecule has 6 rings (SSSR count). The van der Waals surface area contributed by atoms with Crippen LogP contribution < -0.4 is 0 Å². The van der Waals surface area contributed by atoms with Gasteiger partial charge in [0.15, 0.2) is 0 Å². The van der Waals surface area contributed by atoms with E-state index >= 15 is 0 Å². The Morgan fingerprint density at radius 2 is 0.621 bits per heavy atom. The fourth-order valence-electron chi connectivity index (χ4n) is 3.84. The Hall–Kier alpha value is -3.16. The molecule has 6 aromatic carbocycles. The van der Waals surface area contributed by atoms with Gasteiger partial charge in [0.2, 0.25) is 0 Å². The molecule has 0 radical (unpaired) electrons. The summed E-state index contributed by atoms with van der Waals surface area (Å²) >= 11 is 3.68. The molecule has 138 valence electrons. The van der Waals surface area contributed by atoms with Gasteiger partial charge in [-0.15, -0.1) is 0 Å². The summed E-state index contributed by atoms with van der Waals surface area (Å²) in [4.78, 5) is 0. The van der Waals surface area contributed by atoms with E-state index in [1.54, 1.807) is 0 Å². The van der Waals surface area contributed by atoms with Crippen molar-refractivity contribution in [1.82, 2.24) is 0 Å². The highest BCUT2D eigenvalue weighted by Crippen LogP contribution is 2.32. The van der Waals surface area contributed by atoms with Crippen LogP contribution in [0.5, 0.6) is 0 Å². The third kappa shape index (κ3) is 3.50. The molecule has 0 bridgehead atoms. The average Bonchev–Trinajstić information content (AvgIpc) is 2.78. The van der Waals surface area contributed by atoms with Gasteiger partial charge >= 0.3 is 0 Å². The molecule has 0 saturated carbocycles. The van der Waals surface area contributed by atoms with Gasteiger partial charge in [-0.05, 0) is 77.2 Å². The summed E-state index contributed by atoms with van der Waals surface area (Å²) in [7, 11) is 0. The highest BCUT2D eigenvalue weighted by atomic mass is 79.9. The molecule has 0 nitrogen and oxygen atoms in total. The fourth-order valence-corrected chi connectivity index (χ4v) is 4.56. The first-order chi connectivity index (χ1) is 14.3. The van der Waals surface area contributed by atoms with E-state index in [0.717, 1.165) is 0 Å². The average molecular weight is 435 g/mol. The fraction of sp³-hybridized carbons (Fsp3) is 0. The standard InChI is InChI=1S/C14H9Br.C14H10/c15-14-12-7-3-1-5-10(12)9-11-6-2-4-8-13(11)14;1-2-6-12-10-14-8-4-3-7-13(14)9-11(12)5-1/h1-9H;1-10H. The van der Waals surface area contributed by atoms with Gasteiger partial charge in [0.1, 0.15) is 0 Å². The van der Waals surface area contributed by atoms with Gasteiger partial charge in [0.25, 0.3) is 0 Å². The Bertz CT molecular complexity index is 1300. The van der Waals surface area contributed by atoms with E-state index in [2.05, 4.69) is 131 Å². The Morgan fingerprint density at radius 3 is 1.00 bits per heavy atom. The van der Waals surface area contributed by atoms with Crippen LogP contribution in [0.1, 0.15) is 0 Å². The van der Waals surface area contributed by atoms with E-state index in [4.69, 9.17) is 0 Å². The van der Waals surface area contributed by atoms with E-state index in [9.17, 15) is 0 Å². The van der Waals surface area contributed by atoms with Gasteiger partial charge < -0.3 is 0 Å². The molecule has 0 aliphatic carbocycles. The van der Waals surface area contributed by atoms with Crippen molar-refractivity contribution in [2.24, 2.45) is 0 Å². The van der Waals surface area contributed by atoms with E-state index in [1.807, 2.05) is 0 Å². The minimum Gasteiger partial charge on any atom is -0.0616 e. The lowest BCUT2D eigenvalue weighted by molar-refractivity contribution is 1.74. The van der Waals surface area contributed by atoms with Gasteiger partial charge in [0, 0.05) is 4.47 Å². The van der Waals surface area contributed by atoms with E-state index < -0.39 is 0 Å². The number of benzene rings is 6. The minimum absolute atomic E-state index is 1.19. The van der Waals surface area contributed by atoms with Crippen LogP contribution in [0.15, 0.2) is 120 Å². The molecule has 0 aromatic heterocycles. The molecule has 0 aliphatic rings. The van der Waals surface area contributed by atoms with Crippen LogP contribution in [-0.2, 0) is 0 Å². The van der Waals surface area contributed by atoms with Crippen molar-refractivity contribution in [2.75, 3.05) is 0 Å². The predicted octanol–water partition coefficient (Wildman–Crippen LogP) is 8.75. The molecule has 0 saturated heterocycles. The van der Waals surface area contributed by atoms with Crippen LogP contribution in [0.4, 0.5) is 0 Å². The van der Waals surface area contributed by atoms with Gasteiger partial charge in [0.05, 0.1) is 0 Å². The Balaban J connectivity index is 0.000000125. The minimum atomic E-state index is 1.19. The summed E-state index contributed by atoms with van der Waals surface area (Å²) in [6, 6.07) is 40.5. The van der Waals surface area contributed by atoms with Crippen molar-refractivity contribution in [3.8, 4) is 0 Å². The predicted molar refractivity (Wildman–Crippen MR) is 131 cm³/mol. The molecule has 29 heavy (non-hydrogen) atoms. The highest BCUT2D eigenvalue weighted by Gasteiger charge is 2.03. The lowest BCUT2D eigenvalue weighted by Gasteiger charge is -2.05. The Kier molecular flexibility index (Phi) is 4.75. The molecule has 0 atom stereocenters. The highest BCUT2D eigenvalue weighted by molar-refractivity contribution is 9.10. The molecule has 0 heterocycles. The Morgan fingerprint density at radius 1 is 0.345 bits per heavy atom. The molecule has 6 aromatic rings. The van der Waals surface area contributed by atoms with Crippen molar-refractivity contribution < 1.29 is 0 Å². The van der Waals surface area contributed by atoms with Crippen LogP contribution in [0, 0.1) is 0 Å². The monoisotopic (exact) mass is 434 g/mol. The van der Waals surface area contributed by atoms with Crippen molar-refractivity contribution in [3.63, 3.8) is 0 Å². The second kappa shape index (κ2) is 7.69. The first-order valence-electron chi connectivity index (χ1n) is 9.73. The van der Waals surface area contributed by atoms with Crippen molar-refractivity contribution >= 4 is 59.0 Å². The number of rotatable bonds is 0. The van der Waals surface area contributed by atoms with E-state index in [0.29, 0.717) is 0 Å². The van der Waals surface area contributed by atoms with Gasteiger partial charge in [-0.25, -0.2) is 0 Å². The van der Waals surface area contributed by atoms with E-state index in [-0.39, 0.29) is 0 Å². The summed E-state index contributed by atoms with van der Waals surface area (Å²) in [5, 5.41) is 10.4. The zero-order valence-corrected chi connectivity index (χ0v) is 17.4. The maximum absolute atomic E-state index is 3.68. The molecular weight excluding hydrogens is 416 g/mol. The number of hydrogen-bond acceptors (Lipinski definition) is 0. The molecular formula is C28H19Br. The number of fused-ring (bicyclic) bond motifs is 4. The molecule has 0 aliphatic heterocycles. The lowest BCUT2D eigenvalue weighted by Crippen LogP contribution is -1.78. The molecule has 1 heteroatoms. The second-order valence-corrected chi connectivity index (χ2v) is 7.97. The van der Waals surface area contributed by atoms with Gasteiger partial charge in [-0.2, -0.15) is 0 Å². The van der Waals surface area contributed by atoms with Crippen LogP contribution in [0.2, 0.25) is 0 Å². The smallest absolute Gasteiger partial charge is 0.0332 e. The summed E-state index contributed by atoms with van der Waals surface area (Å²) in [5.41, 5.74) is 0. The van der Waals surface area contributed by atoms with Crippen LogP contribution in [0.25, 0.3) is 43.1 Å². The number of halogens is 1. The zero-order chi connectivity index (χ0) is 19.6. The normalized spacial score (nSPS) is 10.9. The summed E-state index contributed by atoms with van der Waals surface area (Å²) in [5.74, 6) is 0. The molecule has 0 spiro atoms. The zero-order valence-electron chi connectivity index (χ0n) is 15.8. The quantitative estimate of drug-likeness (QED) is 0.209. The van der Waals surface area contributed by atoms with Crippen LogP contribution >= 0.6 is 15.9 Å². The second-order valence-electron chi connectivity index (χ2n) is 7.18. The molecule has 0 fully saturated rings. The first-order valence-corrected chi connectivity index (χ1v) is 10.5. The van der Waals surface area contributed by atoms with Crippen LogP contribution in [-0.4, -0.2) is 0 Å². The van der Waals surface area contributed by atoms with Gasteiger partial charge in [-0.1, -0.05) is 97.1 Å². The van der Waals surface area contributed by atoms with Gasteiger partial charge in [-0.3, -0.25) is 0 Å². The third-order valence-electron chi connectivity index (χ3n) is 5.32. The summed E-state index contributed by atoms with van der Waals surface area (Å²) in [6.45, 7) is 0. The maximum Gasteiger partial charge on any atom is 0.0332 e.